The minimum atomic E-state index is -0.148. The van der Waals surface area contributed by atoms with Crippen molar-refractivity contribution in [2.75, 3.05) is 5.32 Å². The fourth-order valence-corrected chi connectivity index (χ4v) is 2.65. The number of H-pyrrole nitrogens is 1. The number of rotatable bonds is 4. The zero-order valence-electron chi connectivity index (χ0n) is 13.5. The third-order valence-electron chi connectivity index (χ3n) is 3.67. The Morgan fingerprint density at radius 1 is 1.17 bits per heavy atom. The van der Waals surface area contributed by atoms with Gasteiger partial charge in [0.2, 0.25) is 5.91 Å². The Morgan fingerprint density at radius 2 is 1.92 bits per heavy atom. The summed E-state index contributed by atoms with van der Waals surface area (Å²) in [6.07, 6.45) is 0. The van der Waals surface area contributed by atoms with Crippen LogP contribution in [0.25, 0.3) is 11.4 Å². The number of nitrogens with zero attached hydrogens (tertiary/aromatic N) is 2. The first-order valence-corrected chi connectivity index (χ1v) is 8.02. The molecule has 122 valence electrons. The number of carbonyl (C=O) groups is 1. The molecule has 0 radical (unpaired) electrons. The van der Waals surface area contributed by atoms with Crippen molar-refractivity contribution in [1.82, 2.24) is 14.8 Å². The van der Waals surface area contributed by atoms with Crippen molar-refractivity contribution in [2.45, 2.75) is 20.4 Å². The highest BCUT2D eigenvalue weighted by Crippen LogP contribution is 2.18. The topological polar surface area (TPSA) is 62.7 Å². The summed E-state index contributed by atoms with van der Waals surface area (Å²) in [5.74, 6) is 0.507. The average Bonchev–Trinajstić information content (AvgIpc) is 2.90. The third kappa shape index (κ3) is 3.60. The number of amides is 1. The number of aryl methyl sites for hydroxylation is 2. The van der Waals surface area contributed by atoms with Crippen LogP contribution in [0.15, 0.2) is 48.5 Å². The lowest BCUT2D eigenvalue weighted by molar-refractivity contribution is -0.116. The van der Waals surface area contributed by atoms with Gasteiger partial charge in [-0.15, -0.1) is 0 Å². The molecule has 1 heterocycles. The van der Waals surface area contributed by atoms with Crippen molar-refractivity contribution < 1.29 is 4.79 Å². The van der Waals surface area contributed by atoms with Gasteiger partial charge in [0, 0.05) is 11.3 Å². The van der Waals surface area contributed by atoms with E-state index in [1.165, 1.54) is 0 Å². The number of hydrogen-bond acceptors (Lipinski definition) is 3. The highest BCUT2D eigenvalue weighted by atomic mass is 32.1. The number of aromatic nitrogens is 3. The van der Waals surface area contributed by atoms with Crippen molar-refractivity contribution >= 4 is 23.8 Å². The molecule has 5 nitrogen and oxygen atoms in total. The monoisotopic (exact) mass is 338 g/mol. The molecule has 0 aliphatic heterocycles. The van der Waals surface area contributed by atoms with Crippen LogP contribution >= 0.6 is 12.2 Å². The lowest BCUT2D eigenvalue weighted by Crippen LogP contribution is -2.19. The van der Waals surface area contributed by atoms with E-state index in [0.29, 0.717) is 10.6 Å². The molecule has 0 unspecified atom stereocenters. The first-order chi connectivity index (χ1) is 11.5. The van der Waals surface area contributed by atoms with Gasteiger partial charge in [0.25, 0.3) is 0 Å². The van der Waals surface area contributed by atoms with Crippen molar-refractivity contribution in [2.24, 2.45) is 0 Å². The predicted octanol–water partition coefficient (Wildman–Crippen LogP) is 3.86. The first kappa shape index (κ1) is 16.1. The summed E-state index contributed by atoms with van der Waals surface area (Å²) in [6.45, 7) is 4.12. The Labute approximate surface area is 145 Å². The Hall–Kier alpha value is -2.73. The first-order valence-electron chi connectivity index (χ1n) is 7.62. The molecule has 24 heavy (non-hydrogen) atoms. The van der Waals surface area contributed by atoms with Crippen molar-refractivity contribution in [3.05, 3.63) is 64.4 Å². The van der Waals surface area contributed by atoms with Crippen LogP contribution in [0, 0.1) is 18.6 Å². The zero-order chi connectivity index (χ0) is 17.1. The fraction of sp³-hybridized carbons (Fsp3) is 0.167. The van der Waals surface area contributed by atoms with Gasteiger partial charge in [-0.3, -0.25) is 14.5 Å². The van der Waals surface area contributed by atoms with Crippen LogP contribution in [0.4, 0.5) is 5.69 Å². The minimum absolute atomic E-state index is 0.104. The van der Waals surface area contributed by atoms with Crippen LogP contribution in [-0.2, 0) is 11.3 Å². The Kier molecular flexibility index (Phi) is 4.57. The van der Waals surface area contributed by atoms with Crippen LogP contribution in [-0.4, -0.2) is 20.7 Å². The third-order valence-corrected chi connectivity index (χ3v) is 3.98. The molecule has 1 amide bonds. The van der Waals surface area contributed by atoms with E-state index in [-0.39, 0.29) is 12.5 Å². The lowest BCUT2D eigenvalue weighted by Gasteiger charge is -2.09. The number of anilines is 1. The van der Waals surface area contributed by atoms with E-state index in [1.807, 2.05) is 62.4 Å². The number of nitrogens with one attached hydrogen (secondary N) is 2. The SMILES string of the molecule is Cc1ccc(NC(=O)Cn2c(-c3cccc(C)c3)n[nH]c2=S)cc1. The van der Waals surface area contributed by atoms with Gasteiger partial charge in [-0.25, -0.2) is 0 Å². The van der Waals surface area contributed by atoms with Gasteiger partial charge in [-0.2, -0.15) is 5.10 Å². The highest BCUT2D eigenvalue weighted by molar-refractivity contribution is 7.71. The summed E-state index contributed by atoms with van der Waals surface area (Å²) in [5, 5.41) is 9.91. The summed E-state index contributed by atoms with van der Waals surface area (Å²) >= 11 is 5.27. The maximum Gasteiger partial charge on any atom is 0.244 e. The molecule has 0 aliphatic carbocycles. The van der Waals surface area contributed by atoms with E-state index in [2.05, 4.69) is 15.5 Å². The van der Waals surface area contributed by atoms with Crippen molar-refractivity contribution in [3.63, 3.8) is 0 Å². The fourth-order valence-electron chi connectivity index (χ4n) is 2.45. The van der Waals surface area contributed by atoms with E-state index in [4.69, 9.17) is 12.2 Å². The molecular formula is C18H18N4OS. The van der Waals surface area contributed by atoms with Gasteiger partial charge in [0.1, 0.15) is 6.54 Å². The van der Waals surface area contributed by atoms with Gasteiger partial charge in [0.05, 0.1) is 0 Å². The standard InChI is InChI=1S/C18H18N4OS/c1-12-6-8-15(9-7-12)19-16(23)11-22-17(20-21-18(22)24)14-5-3-4-13(2)10-14/h3-10H,11H2,1-2H3,(H,19,23)(H,21,24). The minimum Gasteiger partial charge on any atom is -0.325 e. The van der Waals surface area contributed by atoms with E-state index in [1.54, 1.807) is 4.57 Å². The highest BCUT2D eigenvalue weighted by Gasteiger charge is 2.12. The van der Waals surface area contributed by atoms with Gasteiger partial charge in [-0.1, -0.05) is 41.5 Å². The van der Waals surface area contributed by atoms with E-state index in [0.717, 1.165) is 22.4 Å². The molecule has 0 spiro atoms. The molecule has 2 N–H and O–H groups in total. The van der Waals surface area contributed by atoms with Gasteiger partial charge >= 0.3 is 0 Å². The second kappa shape index (κ2) is 6.80. The van der Waals surface area contributed by atoms with Crippen molar-refractivity contribution in [3.8, 4) is 11.4 Å². The van der Waals surface area contributed by atoms with E-state index < -0.39 is 0 Å². The molecular weight excluding hydrogens is 320 g/mol. The second-order valence-electron chi connectivity index (χ2n) is 5.72. The number of hydrogen-bond donors (Lipinski definition) is 2. The summed E-state index contributed by atoms with van der Waals surface area (Å²) < 4.78 is 2.12. The average molecular weight is 338 g/mol. The van der Waals surface area contributed by atoms with Crippen molar-refractivity contribution in [1.29, 1.82) is 0 Å². The quantitative estimate of drug-likeness (QED) is 0.710. The predicted molar refractivity (Wildman–Crippen MR) is 97.4 cm³/mol. The van der Waals surface area contributed by atoms with Crippen LogP contribution in [0.1, 0.15) is 11.1 Å². The molecule has 0 atom stereocenters. The van der Waals surface area contributed by atoms with Crippen LogP contribution in [0.3, 0.4) is 0 Å². The molecule has 0 bridgehead atoms. The number of carbonyl (C=O) groups excluding carboxylic acids is 1. The molecule has 0 fully saturated rings. The molecule has 6 heteroatoms. The molecule has 3 rings (SSSR count). The summed E-state index contributed by atoms with van der Waals surface area (Å²) in [6, 6.07) is 15.6. The van der Waals surface area contributed by atoms with E-state index >= 15 is 0 Å². The Morgan fingerprint density at radius 3 is 2.62 bits per heavy atom. The lowest BCUT2D eigenvalue weighted by atomic mass is 10.1. The Bertz CT molecular complexity index is 925. The number of benzene rings is 2. The summed E-state index contributed by atoms with van der Waals surface area (Å²) in [4.78, 5) is 12.3. The Balaban J connectivity index is 1.82. The molecule has 0 aliphatic rings. The second-order valence-corrected chi connectivity index (χ2v) is 6.11. The molecule has 1 aromatic heterocycles. The molecule has 0 saturated carbocycles. The van der Waals surface area contributed by atoms with Crippen LogP contribution < -0.4 is 5.32 Å². The molecule has 0 saturated heterocycles. The smallest absolute Gasteiger partial charge is 0.244 e. The zero-order valence-corrected chi connectivity index (χ0v) is 14.4. The van der Waals surface area contributed by atoms with Gasteiger partial charge in [0.15, 0.2) is 10.6 Å². The van der Waals surface area contributed by atoms with Crippen LogP contribution in [0.5, 0.6) is 0 Å². The summed E-state index contributed by atoms with van der Waals surface area (Å²) in [5.41, 5.74) is 3.95. The summed E-state index contributed by atoms with van der Waals surface area (Å²) in [7, 11) is 0. The maximum absolute atomic E-state index is 12.3. The van der Waals surface area contributed by atoms with E-state index in [9.17, 15) is 4.79 Å². The van der Waals surface area contributed by atoms with Gasteiger partial charge in [-0.05, 0) is 44.3 Å². The molecule has 3 aromatic rings. The number of aromatic amines is 1. The van der Waals surface area contributed by atoms with Gasteiger partial charge < -0.3 is 5.32 Å². The van der Waals surface area contributed by atoms with Crippen LogP contribution in [0.2, 0.25) is 0 Å². The maximum atomic E-state index is 12.3. The largest absolute Gasteiger partial charge is 0.325 e. The normalized spacial score (nSPS) is 10.6. The molecule has 2 aromatic carbocycles.